The van der Waals surface area contributed by atoms with E-state index in [9.17, 15) is 9.59 Å². The zero-order valence-corrected chi connectivity index (χ0v) is 15.0. The summed E-state index contributed by atoms with van der Waals surface area (Å²) >= 11 is 0. The van der Waals surface area contributed by atoms with E-state index in [0.717, 1.165) is 25.7 Å². The first-order valence-corrected chi connectivity index (χ1v) is 8.61. The summed E-state index contributed by atoms with van der Waals surface area (Å²) in [5, 5.41) is 0. The van der Waals surface area contributed by atoms with Gasteiger partial charge in [0.2, 0.25) is 0 Å². The van der Waals surface area contributed by atoms with Crippen LogP contribution >= 0.6 is 0 Å². The molecule has 1 saturated carbocycles. The number of ether oxygens (including phenoxy) is 2. The summed E-state index contributed by atoms with van der Waals surface area (Å²) in [5.41, 5.74) is -1.21. The molecule has 0 aromatic carbocycles. The molecular weight excluding hydrogens is 280 g/mol. The quantitative estimate of drug-likeness (QED) is 0.527. The third-order valence-electron chi connectivity index (χ3n) is 4.62. The van der Waals surface area contributed by atoms with Gasteiger partial charge in [0.1, 0.15) is 6.10 Å². The van der Waals surface area contributed by atoms with Crippen LogP contribution in [0.15, 0.2) is 0 Å². The van der Waals surface area contributed by atoms with Gasteiger partial charge >= 0.3 is 11.9 Å². The summed E-state index contributed by atoms with van der Waals surface area (Å²) in [6.45, 7) is 11.9. The highest BCUT2D eigenvalue weighted by molar-refractivity contribution is 6.00. The van der Waals surface area contributed by atoms with E-state index in [2.05, 4.69) is 0 Å². The minimum Gasteiger partial charge on any atom is -0.465 e. The molecule has 0 atom stereocenters. The van der Waals surface area contributed by atoms with Crippen molar-refractivity contribution in [2.75, 3.05) is 6.61 Å². The maximum Gasteiger partial charge on any atom is 0.324 e. The first kappa shape index (κ1) is 19.0. The monoisotopic (exact) mass is 312 g/mol. The molecule has 0 aliphatic heterocycles. The molecule has 22 heavy (non-hydrogen) atoms. The number of esters is 2. The van der Waals surface area contributed by atoms with Crippen molar-refractivity contribution in [2.45, 2.75) is 73.3 Å². The molecule has 0 aromatic heterocycles. The molecule has 0 amide bonds. The van der Waals surface area contributed by atoms with Crippen LogP contribution in [0.1, 0.15) is 67.2 Å². The van der Waals surface area contributed by atoms with Crippen molar-refractivity contribution in [3.05, 3.63) is 0 Å². The largest absolute Gasteiger partial charge is 0.465 e. The smallest absolute Gasteiger partial charge is 0.324 e. The van der Waals surface area contributed by atoms with Crippen molar-refractivity contribution in [3.8, 4) is 0 Å². The Labute approximate surface area is 134 Å². The standard InChI is InChI=1S/C18H32O4/c1-12(2)11-21-16(19)18(13(3)4,14(5)6)17(20)22-15-9-7-8-10-15/h12-15H,7-11H2,1-6H3. The Morgan fingerprint density at radius 1 is 0.955 bits per heavy atom. The van der Waals surface area contributed by atoms with E-state index < -0.39 is 17.4 Å². The molecule has 4 nitrogen and oxygen atoms in total. The van der Waals surface area contributed by atoms with Crippen molar-refractivity contribution >= 4 is 11.9 Å². The minimum absolute atomic E-state index is 0.0396. The van der Waals surface area contributed by atoms with E-state index in [1.165, 1.54) is 0 Å². The van der Waals surface area contributed by atoms with Gasteiger partial charge in [-0.05, 0) is 43.4 Å². The molecule has 0 aromatic rings. The zero-order valence-electron chi connectivity index (χ0n) is 15.0. The highest BCUT2D eigenvalue weighted by atomic mass is 16.6. The van der Waals surface area contributed by atoms with Gasteiger partial charge < -0.3 is 9.47 Å². The number of hydrogen-bond donors (Lipinski definition) is 0. The Morgan fingerprint density at radius 3 is 1.86 bits per heavy atom. The summed E-state index contributed by atoms with van der Waals surface area (Å²) in [5.74, 6) is -0.929. The molecule has 1 rings (SSSR count). The number of rotatable bonds is 7. The molecule has 1 fully saturated rings. The predicted octanol–water partition coefficient (Wildman–Crippen LogP) is 3.97. The van der Waals surface area contributed by atoms with Crippen molar-refractivity contribution in [1.82, 2.24) is 0 Å². The molecule has 1 aliphatic carbocycles. The van der Waals surface area contributed by atoms with Crippen LogP contribution in [0.3, 0.4) is 0 Å². The van der Waals surface area contributed by atoms with Crippen molar-refractivity contribution < 1.29 is 19.1 Å². The second kappa shape index (κ2) is 7.98. The second-order valence-electron chi connectivity index (χ2n) is 7.48. The number of carbonyl (C=O) groups excluding carboxylic acids is 2. The molecule has 0 spiro atoms. The molecule has 0 unspecified atom stereocenters. The van der Waals surface area contributed by atoms with Crippen molar-refractivity contribution in [1.29, 1.82) is 0 Å². The fourth-order valence-corrected chi connectivity index (χ4v) is 3.31. The molecular formula is C18H32O4. The summed E-state index contributed by atoms with van der Waals surface area (Å²) in [6.07, 6.45) is 3.94. The van der Waals surface area contributed by atoms with Crippen LogP contribution in [-0.4, -0.2) is 24.6 Å². The predicted molar refractivity (Wildman–Crippen MR) is 86.3 cm³/mol. The maximum atomic E-state index is 12.9. The molecule has 0 radical (unpaired) electrons. The topological polar surface area (TPSA) is 52.6 Å². The first-order valence-electron chi connectivity index (χ1n) is 8.61. The lowest BCUT2D eigenvalue weighted by Gasteiger charge is -2.37. The third-order valence-corrected chi connectivity index (χ3v) is 4.62. The Morgan fingerprint density at radius 2 is 1.45 bits per heavy atom. The third kappa shape index (κ3) is 4.02. The van der Waals surface area contributed by atoms with Crippen molar-refractivity contribution in [3.63, 3.8) is 0 Å². The average molecular weight is 312 g/mol. The summed E-state index contributed by atoms with van der Waals surface area (Å²) < 4.78 is 11.1. The normalized spacial score (nSPS) is 16.6. The molecule has 0 N–H and O–H groups in total. The Balaban J connectivity index is 2.98. The van der Waals surface area contributed by atoms with Gasteiger partial charge in [-0.2, -0.15) is 0 Å². The van der Waals surface area contributed by atoms with E-state index in [1.54, 1.807) is 0 Å². The van der Waals surface area contributed by atoms with E-state index in [4.69, 9.17) is 9.47 Å². The van der Waals surface area contributed by atoms with Gasteiger partial charge in [0.25, 0.3) is 0 Å². The summed E-state index contributed by atoms with van der Waals surface area (Å²) in [6, 6.07) is 0. The number of carbonyl (C=O) groups is 2. The molecule has 4 heteroatoms. The fraction of sp³-hybridized carbons (Fsp3) is 0.889. The minimum atomic E-state index is -1.21. The Hall–Kier alpha value is -1.06. The van der Waals surface area contributed by atoms with Crippen LogP contribution in [0.25, 0.3) is 0 Å². The molecule has 0 heterocycles. The molecule has 1 aliphatic rings. The van der Waals surface area contributed by atoms with E-state index in [1.807, 2.05) is 41.5 Å². The lowest BCUT2D eigenvalue weighted by molar-refractivity contribution is -0.184. The SMILES string of the molecule is CC(C)COC(=O)C(C(=O)OC1CCCC1)(C(C)C)C(C)C. The first-order chi connectivity index (χ1) is 10.2. The van der Waals surface area contributed by atoms with Crippen LogP contribution < -0.4 is 0 Å². The van der Waals surface area contributed by atoms with Crippen LogP contribution in [0.5, 0.6) is 0 Å². The summed E-state index contributed by atoms with van der Waals surface area (Å²) in [7, 11) is 0. The maximum absolute atomic E-state index is 12.9. The van der Waals surface area contributed by atoms with Gasteiger partial charge in [-0.3, -0.25) is 9.59 Å². The van der Waals surface area contributed by atoms with E-state index in [-0.39, 0.29) is 23.9 Å². The van der Waals surface area contributed by atoms with Crippen LogP contribution in [0, 0.1) is 23.2 Å². The molecule has 0 bridgehead atoms. The van der Waals surface area contributed by atoms with Crippen molar-refractivity contribution in [2.24, 2.45) is 23.2 Å². The highest BCUT2D eigenvalue weighted by Gasteiger charge is 2.54. The Kier molecular flexibility index (Phi) is 6.89. The van der Waals surface area contributed by atoms with Gasteiger partial charge in [-0.1, -0.05) is 41.5 Å². The average Bonchev–Trinajstić information content (AvgIpc) is 2.88. The van der Waals surface area contributed by atoms with Crippen LogP contribution in [0.2, 0.25) is 0 Å². The van der Waals surface area contributed by atoms with Crippen LogP contribution in [0.4, 0.5) is 0 Å². The highest BCUT2D eigenvalue weighted by Crippen LogP contribution is 2.40. The Bertz CT molecular complexity index is 371. The molecule has 0 saturated heterocycles. The van der Waals surface area contributed by atoms with E-state index in [0.29, 0.717) is 6.61 Å². The van der Waals surface area contributed by atoms with Gasteiger partial charge in [0, 0.05) is 0 Å². The van der Waals surface area contributed by atoms with Gasteiger partial charge in [0.05, 0.1) is 6.61 Å². The van der Waals surface area contributed by atoms with Gasteiger partial charge in [-0.25, -0.2) is 0 Å². The van der Waals surface area contributed by atoms with Crippen LogP contribution in [-0.2, 0) is 19.1 Å². The lowest BCUT2D eigenvalue weighted by Crippen LogP contribution is -2.51. The lowest BCUT2D eigenvalue weighted by atomic mass is 9.68. The fourth-order valence-electron chi connectivity index (χ4n) is 3.31. The molecule has 128 valence electrons. The zero-order chi connectivity index (χ0) is 16.9. The van der Waals surface area contributed by atoms with E-state index >= 15 is 0 Å². The number of hydrogen-bond acceptors (Lipinski definition) is 4. The van der Waals surface area contributed by atoms with Gasteiger partial charge in [-0.15, -0.1) is 0 Å². The second-order valence-corrected chi connectivity index (χ2v) is 7.48. The van der Waals surface area contributed by atoms with Gasteiger partial charge in [0.15, 0.2) is 5.41 Å². The summed E-state index contributed by atoms with van der Waals surface area (Å²) in [4.78, 5) is 25.6.